The fourth-order valence-electron chi connectivity index (χ4n) is 4.32. The third-order valence-electron chi connectivity index (χ3n) is 6.80. The lowest BCUT2D eigenvalue weighted by atomic mass is 10.0. The average molecular weight is 487 g/mol. The van der Waals surface area contributed by atoms with Crippen LogP contribution in [0.3, 0.4) is 0 Å². The molecule has 0 spiro atoms. The summed E-state index contributed by atoms with van der Waals surface area (Å²) < 4.78 is 10.8. The fourth-order valence-corrected chi connectivity index (χ4v) is 4.32. The van der Waals surface area contributed by atoms with Crippen LogP contribution in [0.4, 0.5) is 0 Å². The summed E-state index contributed by atoms with van der Waals surface area (Å²) in [7, 11) is 9.83. The number of nitrogens with zero attached hydrogens (tertiary/aromatic N) is 2. The van der Waals surface area contributed by atoms with Gasteiger partial charge in [0.25, 0.3) is 0 Å². The van der Waals surface area contributed by atoms with E-state index in [1.54, 1.807) is 14.2 Å². The molecule has 0 aliphatic rings. The van der Waals surface area contributed by atoms with Gasteiger partial charge in [-0.15, -0.1) is 0 Å². The Bertz CT molecular complexity index is 1240. The van der Waals surface area contributed by atoms with Crippen molar-refractivity contribution in [3.05, 3.63) is 83.9 Å². The van der Waals surface area contributed by atoms with E-state index in [0.717, 1.165) is 37.4 Å². The van der Waals surface area contributed by atoms with Gasteiger partial charge in [-0.25, -0.2) is 0 Å². The van der Waals surface area contributed by atoms with Gasteiger partial charge in [-0.05, 0) is 93.3 Å². The smallest absolute Gasteiger partial charge is 0.126 e. The van der Waals surface area contributed by atoms with Crippen LogP contribution in [0.5, 0.6) is 11.5 Å². The monoisotopic (exact) mass is 486 g/mol. The Morgan fingerprint density at radius 2 is 1.33 bits per heavy atom. The number of hydrogen-bond acceptors (Lipinski definition) is 4. The summed E-state index contributed by atoms with van der Waals surface area (Å²) in [6.07, 6.45) is 2.11. The van der Waals surface area contributed by atoms with Crippen LogP contribution in [0.25, 0.3) is 21.5 Å². The van der Waals surface area contributed by atoms with Crippen molar-refractivity contribution in [3.63, 3.8) is 0 Å². The molecule has 36 heavy (non-hydrogen) atoms. The van der Waals surface area contributed by atoms with Crippen LogP contribution in [0.15, 0.2) is 72.8 Å². The highest BCUT2D eigenvalue weighted by molar-refractivity contribution is 5.91. The van der Waals surface area contributed by atoms with Crippen molar-refractivity contribution in [2.45, 2.75) is 32.7 Å². The van der Waals surface area contributed by atoms with E-state index in [-0.39, 0.29) is 0 Å². The molecule has 0 fully saturated rings. The maximum atomic E-state index is 5.46. The van der Waals surface area contributed by atoms with E-state index in [2.05, 4.69) is 99.4 Å². The predicted octanol–water partition coefficient (Wildman–Crippen LogP) is 6.68. The Hall–Kier alpha value is -3.08. The second-order valence-electron chi connectivity index (χ2n) is 9.86. The molecule has 0 radical (unpaired) electrons. The third kappa shape index (κ3) is 7.22. The van der Waals surface area contributed by atoms with Crippen molar-refractivity contribution in [2.24, 2.45) is 0 Å². The number of methoxy groups -OCH3 is 2. The van der Waals surface area contributed by atoms with Gasteiger partial charge < -0.3 is 19.3 Å². The highest BCUT2D eigenvalue weighted by Crippen LogP contribution is 2.29. The van der Waals surface area contributed by atoms with Gasteiger partial charge in [0.15, 0.2) is 0 Å². The summed E-state index contributed by atoms with van der Waals surface area (Å²) in [5.74, 6) is 1.90. The minimum atomic E-state index is 0.588. The molecule has 0 saturated heterocycles. The van der Waals surface area contributed by atoms with E-state index in [0.29, 0.717) is 6.04 Å². The molecule has 0 atom stereocenters. The molecule has 192 valence electrons. The van der Waals surface area contributed by atoms with Crippen LogP contribution < -0.4 is 9.47 Å². The van der Waals surface area contributed by atoms with Crippen molar-refractivity contribution in [3.8, 4) is 11.5 Å². The Kier molecular flexibility index (Phi) is 10.2. The van der Waals surface area contributed by atoms with Crippen molar-refractivity contribution >= 4 is 21.5 Å². The van der Waals surface area contributed by atoms with Crippen molar-refractivity contribution in [2.75, 3.05) is 48.5 Å². The molecule has 4 nitrogen and oxygen atoms in total. The van der Waals surface area contributed by atoms with Gasteiger partial charge in [0.1, 0.15) is 11.5 Å². The maximum Gasteiger partial charge on any atom is 0.126 e. The Morgan fingerprint density at radius 3 is 1.97 bits per heavy atom. The summed E-state index contributed by atoms with van der Waals surface area (Å²) in [5, 5.41) is 5.09. The standard InChI is InChI=1S/C17H23NO.C15H19NO/c1-13(2)18(3)11-10-15-7-5-6-14-8-9-16(19-4)12-17(14)15;1-16(2)11-10-13-7-4-6-12-8-5-9-14(17-3)15(12)13/h5-9,12-13H,10-11H2,1-4H3;4-9H,10-11H2,1-3H3. The predicted molar refractivity (Wildman–Crippen MR) is 155 cm³/mol. The highest BCUT2D eigenvalue weighted by atomic mass is 16.5. The topological polar surface area (TPSA) is 24.9 Å². The molecule has 0 saturated carbocycles. The SMILES string of the molecule is COc1ccc2cccc(CCN(C)C(C)C)c2c1.COc1cccc2cccc(CCN(C)C)c12. The quantitative estimate of drug-likeness (QED) is 0.263. The number of fused-ring (bicyclic) bond motifs is 2. The van der Waals surface area contributed by atoms with Gasteiger partial charge in [-0.1, -0.05) is 54.6 Å². The van der Waals surface area contributed by atoms with Gasteiger partial charge in [0.05, 0.1) is 14.2 Å². The minimum Gasteiger partial charge on any atom is -0.497 e. The maximum absolute atomic E-state index is 5.46. The second-order valence-corrected chi connectivity index (χ2v) is 9.86. The van der Waals surface area contributed by atoms with Crippen molar-refractivity contribution in [1.82, 2.24) is 9.80 Å². The highest BCUT2D eigenvalue weighted by Gasteiger charge is 2.08. The number of hydrogen-bond donors (Lipinski definition) is 0. The van der Waals surface area contributed by atoms with E-state index in [9.17, 15) is 0 Å². The zero-order valence-corrected chi connectivity index (χ0v) is 23.0. The number of likely N-dealkylation sites (N-methyl/N-ethyl adjacent to an activating group) is 2. The van der Waals surface area contributed by atoms with E-state index in [4.69, 9.17) is 9.47 Å². The molecule has 4 aromatic carbocycles. The molecule has 4 rings (SSSR count). The van der Waals surface area contributed by atoms with Crippen molar-refractivity contribution < 1.29 is 9.47 Å². The molecule has 0 unspecified atom stereocenters. The van der Waals surface area contributed by atoms with Crippen molar-refractivity contribution in [1.29, 1.82) is 0 Å². The van der Waals surface area contributed by atoms with E-state index >= 15 is 0 Å². The first-order valence-electron chi connectivity index (χ1n) is 12.8. The Balaban J connectivity index is 0.000000202. The molecule has 0 N–H and O–H groups in total. The summed E-state index contributed by atoms with van der Waals surface area (Å²) in [6.45, 7) is 6.59. The molecule has 0 aromatic heterocycles. The van der Waals surface area contributed by atoms with Crippen LogP contribution in [-0.4, -0.2) is 64.3 Å². The molecule has 0 aliphatic carbocycles. The van der Waals surface area contributed by atoms with Gasteiger partial charge >= 0.3 is 0 Å². The largest absolute Gasteiger partial charge is 0.497 e. The number of rotatable bonds is 9. The second kappa shape index (κ2) is 13.3. The average Bonchev–Trinajstić information content (AvgIpc) is 2.89. The van der Waals surface area contributed by atoms with Gasteiger partial charge in [-0.2, -0.15) is 0 Å². The normalized spacial score (nSPS) is 11.3. The summed E-state index contributed by atoms with van der Waals surface area (Å²) in [4.78, 5) is 4.58. The van der Waals surface area contributed by atoms with E-state index < -0.39 is 0 Å². The summed E-state index contributed by atoms with van der Waals surface area (Å²) in [5.41, 5.74) is 2.75. The zero-order valence-electron chi connectivity index (χ0n) is 23.0. The van der Waals surface area contributed by atoms with Crippen LogP contribution in [0.1, 0.15) is 25.0 Å². The van der Waals surface area contributed by atoms with Gasteiger partial charge in [0.2, 0.25) is 0 Å². The summed E-state index contributed by atoms with van der Waals surface area (Å²) >= 11 is 0. The lowest BCUT2D eigenvalue weighted by molar-refractivity contribution is 0.278. The lowest BCUT2D eigenvalue weighted by Gasteiger charge is -2.21. The Morgan fingerprint density at radius 1 is 0.694 bits per heavy atom. The molecule has 0 heterocycles. The van der Waals surface area contributed by atoms with Crippen LogP contribution in [0, 0.1) is 0 Å². The van der Waals surface area contributed by atoms with Crippen LogP contribution >= 0.6 is 0 Å². The first kappa shape index (κ1) is 27.5. The van der Waals surface area contributed by atoms with Gasteiger partial charge in [0, 0.05) is 24.5 Å². The van der Waals surface area contributed by atoms with Gasteiger partial charge in [-0.3, -0.25) is 0 Å². The van der Waals surface area contributed by atoms with Crippen LogP contribution in [-0.2, 0) is 12.8 Å². The third-order valence-corrected chi connectivity index (χ3v) is 6.80. The first-order valence-corrected chi connectivity index (χ1v) is 12.8. The number of benzene rings is 4. The first-order chi connectivity index (χ1) is 17.3. The Labute approximate surface area is 217 Å². The molecular weight excluding hydrogens is 444 g/mol. The molecule has 4 aromatic rings. The lowest BCUT2D eigenvalue weighted by Crippen LogP contribution is -2.28. The summed E-state index contributed by atoms with van der Waals surface area (Å²) in [6, 6.07) is 26.0. The van der Waals surface area contributed by atoms with Crippen LogP contribution in [0.2, 0.25) is 0 Å². The molecule has 0 amide bonds. The number of ether oxygens (including phenoxy) is 2. The van der Waals surface area contributed by atoms with E-state index in [1.165, 1.54) is 32.7 Å². The molecule has 4 heteroatoms. The van der Waals surface area contributed by atoms with E-state index in [1.807, 2.05) is 18.2 Å². The molecule has 0 bridgehead atoms. The zero-order chi connectivity index (χ0) is 26.1. The minimum absolute atomic E-state index is 0.588. The molecular formula is C32H42N2O2. The fraction of sp³-hybridized carbons (Fsp3) is 0.375. The molecule has 0 aliphatic heterocycles.